The van der Waals surface area contributed by atoms with Crippen LogP contribution in [0.15, 0.2) is 54.6 Å². The summed E-state index contributed by atoms with van der Waals surface area (Å²) in [7, 11) is 0. The second-order valence-corrected chi connectivity index (χ2v) is 5.94. The molecular weight excluding hydrogens is 402 g/mol. The molecule has 0 atom stereocenters. The number of primary amides is 1. The molecule has 1 aromatic heterocycles. The van der Waals surface area contributed by atoms with Gasteiger partial charge in [0.25, 0.3) is 0 Å². The molecule has 0 spiro atoms. The molecule has 3 N–H and O–H groups in total. The minimum atomic E-state index is -4.75. The van der Waals surface area contributed by atoms with E-state index in [2.05, 4.69) is 10.4 Å². The molecular formula is C18H12F6N4O. The zero-order chi connectivity index (χ0) is 21.4. The van der Waals surface area contributed by atoms with Crippen molar-refractivity contribution in [3.05, 3.63) is 65.9 Å². The van der Waals surface area contributed by atoms with Crippen LogP contribution in [0, 0.1) is 0 Å². The molecule has 152 valence electrons. The van der Waals surface area contributed by atoms with Gasteiger partial charge in [-0.15, -0.1) is 0 Å². The number of carbonyl (C=O) groups excluding carboxylic acids is 1. The van der Waals surface area contributed by atoms with Gasteiger partial charge in [0.15, 0.2) is 5.69 Å². The van der Waals surface area contributed by atoms with E-state index < -0.39 is 29.6 Å². The Bertz CT molecular complexity index is 1020. The van der Waals surface area contributed by atoms with E-state index in [9.17, 15) is 31.1 Å². The number of alkyl halides is 6. The SMILES string of the molecule is NC(=O)Nc1ccc(-n2nc(C(F)(F)F)cc2-c2ccc(C(F)(F)F)cc2)cc1. The van der Waals surface area contributed by atoms with Crippen LogP contribution in [0.2, 0.25) is 0 Å². The van der Waals surface area contributed by atoms with Gasteiger partial charge in [0.05, 0.1) is 16.9 Å². The van der Waals surface area contributed by atoms with Crippen molar-refractivity contribution in [1.82, 2.24) is 9.78 Å². The van der Waals surface area contributed by atoms with Gasteiger partial charge in [-0.25, -0.2) is 9.48 Å². The number of hydrogen-bond acceptors (Lipinski definition) is 2. The molecule has 11 heteroatoms. The summed E-state index contributed by atoms with van der Waals surface area (Å²) in [5, 5.41) is 5.85. The normalized spacial score (nSPS) is 12.1. The minimum absolute atomic E-state index is 0.0540. The Morgan fingerprint density at radius 1 is 0.897 bits per heavy atom. The highest BCUT2D eigenvalue weighted by Crippen LogP contribution is 2.35. The zero-order valence-electron chi connectivity index (χ0n) is 14.3. The molecule has 1 heterocycles. The van der Waals surface area contributed by atoms with E-state index in [1.54, 1.807) is 0 Å². The highest BCUT2D eigenvalue weighted by molar-refractivity contribution is 5.87. The lowest BCUT2D eigenvalue weighted by Gasteiger charge is -2.10. The number of carbonyl (C=O) groups is 1. The average molecular weight is 414 g/mol. The average Bonchev–Trinajstić information content (AvgIpc) is 3.07. The zero-order valence-corrected chi connectivity index (χ0v) is 14.3. The van der Waals surface area contributed by atoms with E-state index >= 15 is 0 Å². The monoisotopic (exact) mass is 414 g/mol. The highest BCUT2D eigenvalue weighted by atomic mass is 19.4. The van der Waals surface area contributed by atoms with E-state index in [1.165, 1.54) is 24.3 Å². The van der Waals surface area contributed by atoms with Crippen molar-refractivity contribution >= 4 is 11.7 Å². The largest absolute Gasteiger partial charge is 0.435 e. The van der Waals surface area contributed by atoms with Gasteiger partial charge in [0.2, 0.25) is 0 Å². The van der Waals surface area contributed by atoms with E-state index in [0.29, 0.717) is 5.69 Å². The van der Waals surface area contributed by atoms with Crippen LogP contribution in [0.25, 0.3) is 16.9 Å². The second kappa shape index (κ2) is 7.15. The van der Waals surface area contributed by atoms with Crippen LogP contribution in [0.4, 0.5) is 36.8 Å². The molecule has 0 fully saturated rings. The summed E-state index contributed by atoms with van der Waals surface area (Å²) in [5.74, 6) is 0. The maximum atomic E-state index is 13.2. The third kappa shape index (κ3) is 4.50. The Hall–Kier alpha value is -3.50. The van der Waals surface area contributed by atoms with Gasteiger partial charge in [-0.1, -0.05) is 12.1 Å². The predicted molar refractivity (Wildman–Crippen MR) is 92.2 cm³/mol. The molecule has 3 aromatic rings. The summed E-state index contributed by atoms with van der Waals surface area (Å²) in [6.07, 6.45) is -9.32. The van der Waals surface area contributed by atoms with Crippen molar-refractivity contribution in [2.45, 2.75) is 12.4 Å². The van der Waals surface area contributed by atoms with Gasteiger partial charge in [-0.2, -0.15) is 31.4 Å². The minimum Gasteiger partial charge on any atom is -0.351 e. The molecule has 0 saturated carbocycles. The molecule has 5 nitrogen and oxygen atoms in total. The molecule has 3 rings (SSSR count). The fourth-order valence-corrected chi connectivity index (χ4v) is 2.58. The molecule has 0 radical (unpaired) electrons. The first kappa shape index (κ1) is 20.2. The Labute approximate surface area is 159 Å². The number of urea groups is 1. The molecule has 0 aliphatic rings. The highest BCUT2D eigenvalue weighted by Gasteiger charge is 2.35. The van der Waals surface area contributed by atoms with E-state index in [0.717, 1.165) is 35.0 Å². The third-order valence-corrected chi connectivity index (χ3v) is 3.89. The molecule has 0 saturated heterocycles. The number of hydrogen-bond donors (Lipinski definition) is 2. The summed E-state index contributed by atoms with van der Waals surface area (Å²) >= 11 is 0. The van der Waals surface area contributed by atoms with Gasteiger partial charge in [0, 0.05) is 11.3 Å². The molecule has 0 aliphatic carbocycles. The Morgan fingerprint density at radius 2 is 1.48 bits per heavy atom. The number of rotatable bonds is 3. The molecule has 2 aromatic carbocycles. The number of nitrogens with zero attached hydrogens (tertiary/aromatic N) is 2. The number of amides is 2. The Morgan fingerprint density at radius 3 is 1.97 bits per heavy atom. The van der Waals surface area contributed by atoms with Gasteiger partial charge in [-0.3, -0.25) is 0 Å². The second-order valence-electron chi connectivity index (χ2n) is 5.94. The fourth-order valence-electron chi connectivity index (χ4n) is 2.58. The van der Waals surface area contributed by atoms with Crippen LogP contribution in [0.5, 0.6) is 0 Å². The molecule has 0 bridgehead atoms. The number of nitrogens with one attached hydrogen (secondary N) is 1. The molecule has 2 amide bonds. The topological polar surface area (TPSA) is 72.9 Å². The summed E-state index contributed by atoms with van der Waals surface area (Å²) in [6.45, 7) is 0. The van der Waals surface area contributed by atoms with Crippen LogP contribution in [0.3, 0.4) is 0 Å². The number of nitrogens with two attached hydrogens (primary N) is 1. The van der Waals surface area contributed by atoms with Gasteiger partial charge < -0.3 is 11.1 Å². The lowest BCUT2D eigenvalue weighted by atomic mass is 10.1. The van der Waals surface area contributed by atoms with Gasteiger partial charge in [0.1, 0.15) is 0 Å². The van der Waals surface area contributed by atoms with Crippen molar-refractivity contribution in [1.29, 1.82) is 0 Å². The van der Waals surface area contributed by atoms with Crippen molar-refractivity contribution < 1.29 is 31.1 Å². The van der Waals surface area contributed by atoms with Crippen molar-refractivity contribution in [3.63, 3.8) is 0 Å². The Kier molecular flexibility index (Phi) is 4.99. The standard InChI is InChI=1S/C18H12F6N4O/c19-17(20,21)11-3-1-10(2-4-11)14-9-15(18(22,23)24)27-28(14)13-7-5-12(6-8-13)26-16(25)29/h1-9H,(H3,25,26,29). The van der Waals surface area contributed by atoms with Crippen LogP contribution in [-0.4, -0.2) is 15.8 Å². The first-order valence-corrected chi connectivity index (χ1v) is 7.97. The van der Waals surface area contributed by atoms with Crippen molar-refractivity contribution in [2.75, 3.05) is 5.32 Å². The predicted octanol–water partition coefficient (Wildman–Crippen LogP) is 5.07. The number of halogens is 6. The summed E-state index contributed by atoms with van der Waals surface area (Å²) in [6, 6.07) is 9.17. The fraction of sp³-hybridized carbons (Fsp3) is 0.111. The van der Waals surface area contributed by atoms with Gasteiger partial charge >= 0.3 is 18.4 Å². The summed E-state index contributed by atoms with van der Waals surface area (Å²) in [5.41, 5.74) is 3.43. The molecule has 0 unspecified atom stereocenters. The molecule has 29 heavy (non-hydrogen) atoms. The lowest BCUT2D eigenvalue weighted by Crippen LogP contribution is -2.19. The smallest absolute Gasteiger partial charge is 0.351 e. The summed E-state index contributed by atoms with van der Waals surface area (Å²) < 4.78 is 78.7. The van der Waals surface area contributed by atoms with E-state index in [4.69, 9.17) is 5.73 Å². The van der Waals surface area contributed by atoms with Crippen LogP contribution < -0.4 is 11.1 Å². The molecule has 0 aliphatic heterocycles. The Balaban J connectivity index is 2.07. The van der Waals surface area contributed by atoms with Crippen molar-refractivity contribution in [3.8, 4) is 16.9 Å². The van der Waals surface area contributed by atoms with Crippen LogP contribution in [0.1, 0.15) is 11.3 Å². The quantitative estimate of drug-likeness (QED) is 0.588. The van der Waals surface area contributed by atoms with E-state index in [1.807, 2.05) is 0 Å². The third-order valence-electron chi connectivity index (χ3n) is 3.89. The summed E-state index contributed by atoms with van der Waals surface area (Å²) in [4.78, 5) is 10.9. The first-order valence-electron chi connectivity index (χ1n) is 7.97. The number of aromatic nitrogens is 2. The van der Waals surface area contributed by atoms with Gasteiger partial charge in [-0.05, 0) is 42.5 Å². The maximum Gasteiger partial charge on any atom is 0.435 e. The number of benzene rings is 2. The van der Waals surface area contributed by atoms with E-state index in [-0.39, 0.29) is 16.9 Å². The maximum absolute atomic E-state index is 13.2. The van der Waals surface area contributed by atoms with Crippen molar-refractivity contribution in [2.24, 2.45) is 5.73 Å². The first-order chi connectivity index (χ1) is 13.4. The van der Waals surface area contributed by atoms with Crippen LogP contribution >= 0.6 is 0 Å². The lowest BCUT2D eigenvalue weighted by molar-refractivity contribution is -0.141. The number of anilines is 1. The van der Waals surface area contributed by atoms with Crippen LogP contribution in [-0.2, 0) is 12.4 Å².